The maximum Gasteiger partial charge on any atom is 0.416 e. The summed E-state index contributed by atoms with van der Waals surface area (Å²) in [4.78, 5) is 27.3. The van der Waals surface area contributed by atoms with Crippen LogP contribution in [0.3, 0.4) is 0 Å². The summed E-state index contributed by atoms with van der Waals surface area (Å²) in [5.74, 6) is -1.33. The second-order valence-electron chi connectivity index (χ2n) is 9.58. The molecule has 1 amide bonds. The Morgan fingerprint density at radius 2 is 1.95 bits per heavy atom. The molecule has 1 unspecified atom stereocenters. The number of hydrazone groups is 1. The van der Waals surface area contributed by atoms with Crippen molar-refractivity contribution in [1.29, 1.82) is 0 Å². The highest BCUT2D eigenvalue weighted by atomic mass is 19.4. The zero-order valence-electron chi connectivity index (χ0n) is 21.9. The molecule has 2 N–H and O–H groups in total. The van der Waals surface area contributed by atoms with Gasteiger partial charge in [0.15, 0.2) is 0 Å². The van der Waals surface area contributed by atoms with Crippen LogP contribution in [0.2, 0.25) is 0 Å². The fourth-order valence-electron chi connectivity index (χ4n) is 4.26. The summed E-state index contributed by atoms with van der Waals surface area (Å²) in [7, 11) is 0. The molecule has 2 fully saturated rings. The highest BCUT2D eigenvalue weighted by Gasteiger charge is 2.47. The molecule has 2 heterocycles. The van der Waals surface area contributed by atoms with Crippen molar-refractivity contribution in [1.82, 2.24) is 10.3 Å². The van der Waals surface area contributed by atoms with E-state index >= 15 is 0 Å². The van der Waals surface area contributed by atoms with Crippen LogP contribution in [0.4, 0.5) is 23.7 Å². The molecule has 0 radical (unpaired) electrons. The number of hydrogen-bond acceptors (Lipinski definition) is 6. The van der Waals surface area contributed by atoms with Crippen LogP contribution in [0.5, 0.6) is 0 Å². The van der Waals surface area contributed by atoms with Gasteiger partial charge in [-0.25, -0.2) is 9.59 Å². The molecule has 1 spiro atoms. The molecule has 0 bridgehead atoms. The second kappa shape index (κ2) is 12.8. The lowest BCUT2D eigenvalue weighted by Crippen LogP contribution is -2.46. The van der Waals surface area contributed by atoms with Gasteiger partial charge >= 0.3 is 18.2 Å². The molecule has 8 nitrogen and oxygen atoms in total. The lowest BCUT2D eigenvalue weighted by molar-refractivity contribution is -0.0882. The molecule has 0 saturated carbocycles. The Labute approximate surface area is 225 Å². The predicted molar refractivity (Wildman–Crippen MR) is 144 cm³/mol. The van der Waals surface area contributed by atoms with Crippen molar-refractivity contribution in [2.45, 2.75) is 38.5 Å². The number of aromatic carboxylic acids is 1. The summed E-state index contributed by atoms with van der Waals surface area (Å²) >= 11 is 0. The molecule has 2 aliphatic heterocycles. The quantitative estimate of drug-likeness (QED) is 0.228. The number of rotatable bonds is 10. The van der Waals surface area contributed by atoms with Gasteiger partial charge in [0.2, 0.25) is 0 Å². The number of allylic oxidation sites excluding steroid dienone is 5. The van der Waals surface area contributed by atoms with Crippen molar-refractivity contribution < 1.29 is 32.6 Å². The van der Waals surface area contributed by atoms with Crippen molar-refractivity contribution >= 4 is 23.5 Å². The van der Waals surface area contributed by atoms with Crippen molar-refractivity contribution in [2.24, 2.45) is 11.0 Å². The zero-order valence-corrected chi connectivity index (χ0v) is 21.9. The molecular weight excluding hydrogens is 513 g/mol. The van der Waals surface area contributed by atoms with E-state index in [-0.39, 0.29) is 11.5 Å². The molecule has 210 valence electrons. The van der Waals surface area contributed by atoms with E-state index in [1.165, 1.54) is 18.2 Å². The van der Waals surface area contributed by atoms with Gasteiger partial charge in [-0.1, -0.05) is 43.9 Å². The number of benzene rings is 1. The van der Waals surface area contributed by atoms with Gasteiger partial charge in [-0.3, -0.25) is 15.2 Å². The van der Waals surface area contributed by atoms with Crippen LogP contribution in [-0.4, -0.2) is 65.7 Å². The van der Waals surface area contributed by atoms with Crippen LogP contribution in [-0.2, 0) is 4.74 Å². The van der Waals surface area contributed by atoms with E-state index in [1.807, 2.05) is 6.08 Å². The number of halogens is 3. The summed E-state index contributed by atoms with van der Waals surface area (Å²) < 4.78 is 44.6. The van der Waals surface area contributed by atoms with Crippen LogP contribution in [0.25, 0.3) is 0 Å². The molecule has 0 aromatic heterocycles. The zero-order chi connectivity index (χ0) is 28.6. The van der Waals surface area contributed by atoms with Crippen LogP contribution < -0.4 is 10.3 Å². The smallest absolute Gasteiger partial charge is 0.416 e. The van der Waals surface area contributed by atoms with Gasteiger partial charge in [0, 0.05) is 56.0 Å². The number of piperidine rings is 1. The molecule has 3 rings (SSSR count). The van der Waals surface area contributed by atoms with Crippen molar-refractivity contribution in [3.63, 3.8) is 0 Å². The summed E-state index contributed by atoms with van der Waals surface area (Å²) in [5.41, 5.74) is 2.86. The number of carboxylic acid groups (broad SMARTS) is 1. The molecule has 2 saturated heterocycles. The number of hydrogen-bond donors (Lipinski definition) is 2. The van der Waals surface area contributed by atoms with Gasteiger partial charge in [0.05, 0.1) is 17.7 Å². The Morgan fingerprint density at radius 3 is 2.54 bits per heavy atom. The number of alkyl halides is 3. The maximum absolute atomic E-state index is 13.0. The lowest BCUT2D eigenvalue weighted by atomic mass is 9.91. The van der Waals surface area contributed by atoms with E-state index < -0.39 is 29.4 Å². The summed E-state index contributed by atoms with van der Waals surface area (Å²) in [6, 6.07) is 6.15. The maximum atomic E-state index is 13.0. The lowest BCUT2D eigenvalue weighted by Gasteiger charge is -2.36. The van der Waals surface area contributed by atoms with Gasteiger partial charge < -0.3 is 9.84 Å². The number of nitrogens with one attached hydrogen (secondary N) is 1. The Kier molecular flexibility index (Phi) is 9.74. The van der Waals surface area contributed by atoms with E-state index in [0.717, 1.165) is 31.3 Å². The van der Waals surface area contributed by atoms with Gasteiger partial charge in [-0.05, 0) is 31.2 Å². The highest BCUT2D eigenvalue weighted by molar-refractivity contribution is 5.92. The van der Waals surface area contributed by atoms with Gasteiger partial charge in [0.1, 0.15) is 5.60 Å². The van der Waals surface area contributed by atoms with E-state index in [4.69, 9.17) is 9.84 Å². The number of carbonyl (C=O) groups excluding carboxylic acids is 1. The minimum Gasteiger partial charge on any atom is -0.478 e. The molecule has 1 aromatic rings. The number of anilines is 1. The van der Waals surface area contributed by atoms with Crippen molar-refractivity contribution in [2.75, 3.05) is 31.1 Å². The van der Waals surface area contributed by atoms with Crippen molar-refractivity contribution in [3.8, 4) is 0 Å². The monoisotopic (exact) mass is 546 g/mol. The number of amides is 1. The minimum atomic E-state index is -4.45. The summed E-state index contributed by atoms with van der Waals surface area (Å²) in [6.07, 6.45) is 4.55. The van der Waals surface area contributed by atoms with E-state index in [9.17, 15) is 22.8 Å². The molecule has 1 aromatic carbocycles. The number of nitrogens with zero attached hydrogens (tertiary/aromatic N) is 3. The SMILES string of the molecule is C=C/C=C(\C=C/C(C)/C(C)=N/N/C=C/CN1CCC2(CC1)CN(c1ccc(C(=O)O)cc1)C(=O)O2)C(F)(F)F. The third-order valence-corrected chi connectivity index (χ3v) is 6.81. The average molecular weight is 547 g/mol. The number of carbonyl (C=O) groups is 2. The van der Waals surface area contributed by atoms with Gasteiger partial charge in [-0.15, -0.1) is 0 Å². The molecule has 39 heavy (non-hydrogen) atoms. The number of carboxylic acids is 1. The largest absolute Gasteiger partial charge is 0.478 e. The first kappa shape index (κ1) is 29.7. The van der Waals surface area contributed by atoms with E-state index in [1.54, 1.807) is 37.1 Å². The van der Waals surface area contributed by atoms with E-state index in [2.05, 4.69) is 22.0 Å². The first-order valence-corrected chi connectivity index (χ1v) is 12.5. The third kappa shape index (κ3) is 8.06. The van der Waals surface area contributed by atoms with Crippen LogP contribution in [0, 0.1) is 5.92 Å². The van der Waals surface area contributed by atoms with E-state index in [0.29, 0.717) is 37.3 Å². The fraction of sp³-hybridized carbons (Fsp3) is 0.393. The van der Waals surface area contributed by atoms with Crippen LogP contribution in [0.1, 0.15) is 37.0 Å². The second-order valence-corrected chi connectivity index (χ2v) is 9.58. The Hall–Kier alpha value is -3.86. The van der Waals surface area contributed by atoms with Gasteiger partial charge in [-0.2, -0.15) is 18.3 Å². The Bertz CT molecular complexity index is 1160. The Balaban J connectivity index is 1.44. The van der Waals surface area contributed by atoms with Crippen LogP contribution >= 0.6 is 0 Å². The first-order valence-electron chi connectivity index (χ1n) is 12.5. The first-order chi connectivity index (χ1) is 18.4. The molecule has 11 heteroatoms. The number of ether oxygens (including phenoxy) is 1. The van der Waals surface area contributed by atoms with Crippen LogP contribution in [0.15, 0.2) is 78.1 Å². The minimum absolute atomic E-state index is 0.153. The molecular formula is C28H33F3N4O4. The highest BCUT2D eigenvalue weighted by Crippen LogP contribution is 2.35. The summed E-state index contributed by atoms with van der Waals surface area (Å²) in [6.45, 7) is 9.34. The third-order valence-electron chi connectivity index (χ3n) is 6.81. The Morgan fingerprint density at radius 1 is 1.28 bits per heavy atom. The fourth-order valence-corrected chi connectivity index (χ4v) is 4.26. The summed E-state index contributed by atoms with van der Waals surface area (Å²) in [5, 5.41) is 13.3. The normalized spacial score (nSPS) is 19.6. The van der Waals surface area contributed by atoms with Crippen molar-refractivity contribution in [3.05, 3.63) is 78.6 Å². The molecule has 2 aliphatic rings. The average Bonchev–Trinajstić information content (AvgIpc) is 3.21. The standard InChI is InChI=1S/C28H33F3N4O4/c1-4-6-23(28(29,30)31)10-7-20(2)21(3)33-32-15-5-16-34-17-13-27(14-18-34)19-35(26(38)39-27)24-11-8-22(9-12-24)25(36)37/h4-12,15,20,32H,1,13-14,16-19H2,2-3H3,(H,36,37)/b10-7-,15-5+,23-6+,33-21+. The number of likely N-dealkylation sites (tertiary alicyclic amines) is 1. The van der Waals surface area contributed by atoms with Gasteiger partial charge in [0.25, 0.3) is 0 Å². The topological polar surface area (TPSA) is 94.5 Å². The molecule has 0 aliphatic carbocycles. The molecule has 1 atom stereocenters. The predicted octanol–water partition coefficient (Wildman–Crippen LogP) is 5.52.